The Balaban J connectivity index is 1.66. The molecule has 2 aliphatic heterocycles. The Morgan fingerprint density at radius 1 is 1.13 bits per heavy atom. The van der Waals surface area contributed by atoms with Crippen molar-refractivity contribution < 1.29 is 0 Å². The number of hydrogen-bond acceptors (Lipinski definition) is 4. The molecule has 1 saturated heterocycles. The predicted octanol–water partition coefficient (Wildman–Crippen LogP) is 6.23. The van der Waals surface area contributed by atoms with Gasteiger partial charge in [-0.15, -0.1) is 0 Å². The minimum Gasteiger partial charge on any atom is -0.338 e. The molecule has 4 heterocycles. The number of benzene rings is 1. The molecule has 1 aromatic carbocycles. The molecule has 3 aromatic rings. The average Bonchev–Trinajstić information content (AvgIpc) is 3.41. The highest BCUT2D eigenvalue weighted by Crippen LogP contribution is 2.50. The molecule has 0 spiro atoms. The van der Waals surface area contributed by atoms with Crippen molar-refractivity contribution in [3.63, 3.8) is 0 Å². The molecule has 2 aromatic heterocycles. The van der Waals surface area contributed by atoms with Crippen molar-refractivity contribution >= 4 is 32.9 Å². The summed E-state index contributed by atoms with van der Waals surface area (Å²) in [5.74, 6) is 1.11. The smallest absolute Gasteiger partial charge is 0.160 e. The van der Waals surface area contributed by atoms with Crippen molar-refractivity contribution in [3.8, 4) is 5.69 Å². The second-order valence-electron chi connectivity index (χ2n) is 7.95. The molecule has 0 N–H and O–H groups in total. The average molecular weight is 481 g/mol. The number of fused-ring (bicyclic) bond motifs is 1. The summed E-state index contributed by atoms with van der Waals surface area (Å²) in [5, 5.41) is 1.17. The Morgan fingerprint density at radius 2 is 1.93 bits per heavy atom. The number of nitrogens with zero attached hydrogens (tertiary/aromatic N) is 4. The largest absolute Gasteiger partial charge is 0.338 e. The van der Waals surface area contributed by atoms with Gasteiger partial charge in [0, 0.05) is 33.9 Å². The van der Waals surface area contributed by atoms with Gasteiger partial charge in [0.15, 0.2) is 5.17 Å². The first-order chi connectivity index (χ1) is 14.6. The minimum atomic E-state index is 0.0243. The van der Waals surface area contributed by atoms with Crippen LogP contribution < -0.4 is 0 Å². The Kier molecular flexibility index (Phi) is 5.23. The number of para-hydroxylation sites is 1. The molecule has 4 nitrogen and oxygen atoms in total. The minimum absolute atomic E-state index is 0.0243. The van der Waals surface area contributed by atoms with E-state index in [1.807, 2.05) is 24.0 Å². The van der Waals surface area contributed by atoms with Crippen molar-refractivity contribution in [2.75, 3.05) is 5.75 Å². The van der Waals surface area contributed by atoms with Crippen LogP contribution in [0, 0.1) is 13.8 Å². The molecule has 5 rings (SSSR count). The van der Waals surface area contributed by atoms with Crippen LogP contribution in [0.1, 0.15) is 48.1 Å². The molecule has 2 aliphatic rings. The monoisotopic (exact) mass is 480 g/mol. The summed E-state index contributed by atoms with van der Waals surface area (Å²) in [6.45, 7) is 6.71. The molecular weight excluding hydrogens is 456 g/mol. The Hall–Kier alpha value is -2.05. The first kappa shape index (κ1) is 19.9. The lowest BCUT2D eigenvalue weighted by Crippen LogP contribution is -2.35. The first-order valence-electron chi connectivity index (χ1n) is 10.4. The summed E-state index contributed by atoms with van der Waals surface area (Å²) >= 11 is 5.63. The van der Waals surface area contributed by atoms with Gasteiger partial charge in [-0.1, -0.05) is 36.9 Å². The second-order valence-corrected chi connectivity index (χ2v) is 9.79. The molecule has 0 saturated carbocycles. The van der Waals surface area contributed by atoms with Gasteiger partial charge in [-0.05, 0) is 72.1 Å². The van der Waals surface area contributed by atoms with Gasteiger partial charge in [0.05, 0.1) is 17.4 Å². The molecular formula is C24H25BrN4S. The summed E-state index contributed by atoms with van der Waals surface area (Å²) in [6.07, 6.45) is 3.01. The normalized spacial score (nSPS) is 23.0. The third-order valence-corrected chi connectivity index (χ3v) is 8.01. The van der Waals surface area contributed by atoms with E-state index >= 15 is 0 Å². The van der Waals surface area contributed by atoms with Crippen LogP contribution in [0.4, 0.5) is 0 Å². The zero-order chi connectivity index (χ0) is 20.8. The third-order valence-electron chi connectivity index (χ3n) is 6.21. The van der Waals surface area contributed by atoms with E-state index in [-0.39, 0.29) is 12.1 Å². The number of rotatable bonds is 4. The van der Waals surface area contributed by atoms with Crippen molar-refractivity contribution in [1.82, 2.24) is 14.5 Å². The molecule has 0 bridgehead atoms. The van der Waals surface area contributed by atoms with E-state index in [1.54, 1.807) is 0 Å². The molecule has 0 radical (unpaired) electrons. The van der Waals surface area contributed by atoms with Crippen LogP contribution in [0.5, 0.6) is 0 Å². The molecule has 0 amide bonds. The maximum absolute atomic E-state index is 5.17. The fourth-order valence-corrected chi connectivity index (χ4v) is 6.58. The van der Waals surface area contributed by atoms with E-state index in [4.69, 9.17) is 4.99 Å². The predicted molar refractivity (Wildman–Crippen MR) is 128 cm³/mol. The van der Waals surface area contributed by atoms with Crippen LogP contribution in [0.3, 0.4) is 0 Å². The molecule has 6 heteroatoms. The van der Waals surface area contributed by atoms with Crippen molar-refractivity contribution in [3.05, 3.63) is 81.8 Å². The quantitative estimate of drug-likeness (QED) is 0.443. The van der Waals surface area contributed by atoms with E-state index < -0.39 is 0 Å². The number of amidine groups is 1. The molecule has 3 atom stereocenters. The van der Waals surface area contributed by atoms with E-state index in [2.05, 4.69) is 93.6 Å². The highest BCUT2D eigenvalue weighted by molar-refractivity contribution is 9.10. The van der Waals surface area contributed by atoms with Gasteiger partial charge in [0.2, 0.25) is 0 Å². The van der Waals surface area contributed by atoms with E-state index in [0.29, 0.717) is 6.04 Å². The SMILES string of the molecule is CC[C@@H]1CSC2=N[C@H](c3ccccn3)[C@@H](c3cc(C)n(-c4ccccc4Br)c3C)N21. The van der Waals surface area contributed by atoms with Crippen LogP contribution in [0.2, 0.25) is 0 Å². The molecule has 0 unspecified atom stereocenters. The van der Waals surface area contributed by atoms with Gasteiger partial charge in [0.1, 0.15) is 6.04 Å². The van der Waals surface area contributed by atoms with Crippen molar-refractivity contribution in [2.24, 2.45) is 4.99 Å². The molecule has 30 heavy (non-hydrogen) atoms. The Bertz CT molecular complexity index is 1110. The number of aryl methyl sites for hydroxylation is 1. The van der Waals surface area contributed by atoms with E-state index in [1.165, 1.54) is 27.8 Å². The maximum atomic E-state index is 5.17. The maximum Gasteiger partial charge on any atom is 0.160 e. The van der Waals surface area contributed by atoms with Gasteiger partial charge >= 0.3 is 0 Å². The Morgan fingerprint density at radius 3 is 2.67 bits per heavy atom. The van der Waals surface area contributed by atoms with Gasteiger partial charge in [0.25, 0.3) is 0 Å². The molecule has 1 fully saturated rings. The lowest BCUT2D eigenvalue weighted by molar-refractivity contribution is 0.254. The Labute approximate surface area is 190 Å². The lowest BCUT2D eigenvalue weighted by Gasteiger charge is -2.32. The van der Waals surface area contributed by atoms with Crippen LogP contribution in [0.15, 0.2) is 64.2 Å². The third kappa shape index (κ3) is 3.12. The molecule has 154 valence electrons. The summed E-state index contributed by atoms with van der Waals surface area (Å²) in [7, 11) is 0. The van der Waals surface area contributed by atoms with Crippen molar-refractivity contribution in [2.45, 2.75) is 45.3 Å². The summed E-state index contributed by atoms with van der Waals surface area (Å²) in [4.78, 5) is 12.4. The van der Waals surface area contributed by atoms with Crippen molar-refractivity contribution in [1.29, 1.82) is 0 Å². The lowest BCUT2D eigenvalue weighted by atomic mass is 9.95. The fraction of sp³-hybridized carbons (Fsp3) is 0.333. The number of hydrogen-bond donors (Lipinski definition) is 0. The highest BCUT2D eigenvalue weighted by Gasteiger charge is 2.46. The standard InChI is InChI=1S/C24H25BrN4S/c1-4-17-14-30-24-27-22(20-10-7-8-12-26-20)23(29(17)24)18-13-15(2)28(16(18)3)21-11-6-5-9-19(21)25/h5-13,17,22-23H,4,14H2,1-3H3/t17-,22-,23-/m1/s1. The number of halogens is 1. The van der Waals surface area contributed by atoms with Crippen LogP contribution in [0.25, 0.3) is 5.69 Å². The zero-order valence-corrected chi connectivity index (χ0v) is 19.8. The number of pyridine rings is 1. The van der Waals surface area contributed by atoms with Crippen LogP contribution in [-0.4, -0.2) is 31.4 Å². The van der Waals surface area contributed by atoms with Crippen LogP contribution >= 0.6 is 27.7 Å². The van der Waals surface area contributed by atoms with E-state index in [9.17, 15) is 0 Å². The highest BCUT2D eigenvalue weighted by atomic mass is 79.9. The van der Waals surface area contributed by atoms with Gasteiger partial charge in [-0.3, -0.25) is 9.98 Å². The zero-order valence-electron chi connectivity index (χ0n) is 17.4. The second kappa shape index (κ2) is 7.89. The molecule has 0 aliphatic carbocycles. The van der Waals surface area contributed by atoms with Gasteiger partial charge in [-0.25, -0.2) is 0 Å². The first-order valence-corrected chi connectivity index (χ1v) is 12.2. The number of aromatic nitrogens is 2. The number of aliphatic imine (C=N–C) groups is 1. The topological polar surface area (TPSA) is 33.4 Å². The number of thioether (sulfide) groups is 1. The summed E-state index contributed by atoms with van der Waals surface area (Å²) in [5.41, 5.74) is 6.08. The van der Waals surface area contributed by atoms with Gasteiger partial charge < -0.3 is 9.47 Å². The van der Waals surface area contributed by atoms with Gasteiger partial charge in [-0.2, -0.15) is 0 Å². The summed E-state index contributed by atoms with van der Waals surface area (Å²) in [6, 6.07) is 17.6. The summed E-state index contributed by atoms with van der Waals surface area (Å²) < 4.78 is 3.46. The van der Waals surface area contributed by atoms with Crippen LogP contribution in [-0.2, 0) is 0 Å². The fourth-order valence-electron chi connectivity index (χ4n) is 4.78. The van der Waals surface area contributed by atoms with E-state index in [0.717, 1.165) is 22.3 Å².